The van der Waals surface area contributed by atoms with E-state index in [1.54, 1.807) is 16.7 Å². The molecule has 20 heavy (non-hydrogen) atoms. The molecule has 3 rings (SSSR count). The number of H-pyrrole nitrogens is 1. The number of imidazole rings is 1. The second-order valence-electron chi connectivity index (χ2n) is 6.23. The van der Waals surface area contributed by atoms with Crippen LogP contribution in [0.3, 0.4) is 0 Å². The molecule has 1 saturated carbocycles. The average Bonchev–Trinajstić information content (AvgIpc) is 2.86. The van der Waals surface area contributed by atoms with Crippen molar-refractivity contribution in [2.75, 3.05) is 0 Å². The van der Waals surface area contributed by atoms with Gasteiger partial charge in [0.05, 0.1) is 16.6 Å². The molecule has 1 heterocycles. The van der Waals surface area contributed by atoms with Crippen LogP contribution in [0.15, 0.2) is 23.0 Å². The SMILES string of the molecule is CC1(C)CCCC1n1c(=O)[nH]c2cc(C(=O)O)ccc21. The number of hydrogen-bond donors (Lipinski definition) is 2. The van der Waals surface area contributed by atoms with Crippen molar-refractivity contribution in [3.8, 4) is 0 Å². The molecular weight excluding hydrogens is 256 g/mol. The topological polar surface area (TPSA) is 75.1 Å². The van der Waals surface area contributed by atoms with Crippen molar-refractivity contribution in [1.29, 1.82) is 0 Å². The first-order chi connectivity index (χ1) is 9.40. The molecule has 1 aliphatic rings. The van der Waals surface area contributed by atoms with E-state index in [1.165, 1.54) is 6.07 Å². The summed E-state index contributed by atoms with van der Waals surface area (Å²) in [6, 6.07) is 4.97. The van der Waals surface area contributed by atoms with Crippen molar-refractivity contribution < 1.29 is 9.90 Å². The molecule has 0 amide bonds. The number of carbonyl (C=O) groups is 1. The van der Waals surface area contributed by atoms with Crippen molar-refractivity contribution >= 4 is 17.0 Å². The Hall–Kier alpha value is -2.04. The Morgan fingerprint density at radius 3 is 2.80 bits per heavy atom. The molecule has 0 aliphatic heterocycles. The van der Waals surface area contributed by atoms with Crippen molar-refractivity contribution in [2.45, 2.75) is 39.2 Å². The highest BCUT2D eigenvalue weighted by atomic mass is 16.4. The first-order valence-electron chi connectivity index (χ1n) is 6.88. The van der Waals surface area contributed by atoms with Crippen LogP contribution in [0.25, 0.3) is 11.0 Å². The molecule has 5 nitrogen and oxygen atoms in total. The Labute approximate surface area is 116 Å². The van der Waals surface area contributed by atoms with E-state index in [2.05, 4.69) is 18.8 Å². The molecule has 1 fully saturated rings. The molecule has 2 aromatic rings. The van der Waals surface area contributed by atoms with Gasteiger partial charge in [0.25, 0.3) is 0 Å². The van der Waals surface area contributed by atoms with E-state index in [-0.39, 0.29) is 22.7 Å². The molecule has 0 spiro atoms. The molecule has 1 aromatic carbocycles. The number of benzene rings is 1. The lowest BCUT2D eigenvalue weighted by molar-refractivity contribution is 0.0697. The van der Waals surface area contributed by atoms with Crippen LogP contribution >= 0.6 is 0 Å². The van der Waals surface area contributed by atoms with Crippen LogP contribution in [-0.2, 0) is 0 Å². The molecule has 1 unspecified atom stereocenters. The molecule has 0 radical (unpaired) electrons. The highest BCUT2D eigenvalue weighted by Gasteiger charge is 2.37. The maximum Gasteiger partial charge on any atom is 0.335 e. The van der Waals surface area contributed by atoms with E-state index in [0.29, 0.717) is 5.52 Å². The third kappa shape index (κ3) is 1.85. The summed E-state index contributed by atoms with van der Waals surface area (Å²) in [5.41, 5.74) is 1.52. The van der Waals surface area contributed by atoms with Gasteiger partial charge in [-0.25, -0.2) is 9.59 Å². The fourth-order valence-electron chi connectivity index (χ4n) is 3.36. The van der Waals surface area contributed by atoms with Gasteiger partial charge in [0, 0.05) is 6.04 Å². The first-order valence-corrected chi connectivity index (χ1v) is 6.88. The maximum atomic E-state index is 12.3. The number of nitrogens with zero attached hydrogens (tertiary/aromatic N) is 1. The van der Waals surface area contributed by atoms with Crippen LogP contribution in [0.4, 0.5) is 0 Å². The number of hydrogen-bond acceptors (Lipinski definition) is 2. The van der Waals surface area contributed by atoms with Gasteiger partial charge >= 0.3 is 11.7 Å². The predicted molar refractivity (Wildman–Crippen MR) is 76.2 cm³/mol. The summed E-state index contributed by atoms with van der Waals surface area (Å²) < 4.78 is 1.80. The highest BCUT2D eigenvalue weighted by molar-refractivity contribution is 5.92. The van der Waals surface area contributed by atoms with Crippen LogP contribution < -0.4 is 5.69 Å². The number of rotatable bonds is 2. The summed E-state index contributed by atoms with van der Waals surface area (Å²) in [4.78, 5) is 26.0. The van der Waals surface area contributed by atoms with Crippen molar-refractivity contribution in [2.24, 2.45) is 5.41 Å². The van der Waals surface area contributed by atoms with Gasteiger partial charge in [-0.15, -0.1) is 0 Å². The molecule has 1 aromatic heterocycles. The van der Waals surface area contributed by atoms with Gasteiger partial charge in [0.15, 0.2) is 0 Å². The Morgan fingerprint density at radius 1 is 1.45 bits per heavy atom. The smallest absolute Gasteiger partial charge is 0.335 e. The Bertz CT molecular complexity index is 739. The summed E-state index contributed by atoms with van der Waals surface area (Å²) in [5.74, 6) is -0.985. The van der Waals surface area contributed by atoms with Crippen LogP contribution in [-0.4, -0.2) is 20.6 Å². The fraction of sp³-hybridized carbons (Fsp3) is 0.467. The van der Waals surface area contributed by atoms with Gasteiger partial charge in [-0.05, 0) is 36.5 Å². The molecule has 2 N–H and O–H groups in total. The summed E-state index contributed by atoms with van der Waals surface area (Å²) >= 11 is 0. The van der Waals surface area contributed by atoms with Crippen LogP contribution in [0.2, 0.25) is 0 Å². The standard InChI is InChI=1S/C15H18N2O3/c1-15(2)7-3-4-12(15)17-11-6-5-9(13(18)19)8-10(11)16-14(17)20/h5-6,8,12H,3-4,7H2,1-2H3,(H,16,20)(H,18,19). The molecule has 0 saturated heterocycles. The van der Waals surface area contributed by atoms with Gasteiger partial charge < -0.3 is 10.1 Å². The summed E-state index contributed by atoms with van der Waals surface area (Å²) in [6.45, 7) is 4.36. The van der Waals surface area contributed by atoms with Gasteiger partial charge in [0.2, 0.25) is 0 Å². The lowest BCUT2D eigenvalue weighted by Crippen LogP contribution is -2.29. The number of carboxylic acid groups (broad SMARTS) is 1. The predicted octanol–water partition coefficient (Wildman–Crippen LogP) is 2.78. The second kappa shape index (κ2) is 4.23. The first kappa shape index (κ1) is 13.0. The number of nitrogens with one attached hydrogen (secondary N) is 1. The van der Waals surface area contributed by atoms with Crippen LogP contribution in [0.5, 0.6) is 0 Å². The number of carboxylic acids is 1. The van der Waals surface area contributed by atoms with E-state index in [0.717, 1.165) is 24.8 Å². The zero-order valence-electron chi connectivity index (χ0n) is 11.6. The lowest BCUT2D eigenvalue weighted by atomic mass is 9.87. The van der Waals surface area contributed by atoms with Crippen molar-refractivity contribution in [3.05, 3.63) is 34.2 Å². The van der Waals surface area contributed by atoms with Gasteiger partial charge in [-0.3, -0.25) is 4.57 Å². The van der Waals surface area contributed by atoms with Crippen LogP contribution in [0, 0.1) is 5.41 Å². The second-order valence-corrected chi connectivity index (χ2v) is 6.23. The fourth-order valence-corrected chi connectivity index (χ4v) is 3.36. The van der Waals surface area contributed by atoms with E-state index >= 15 is 0 Å². The number of fused-ring (bicyclic) bond motifs is 1. The molecule has 1 aliphatic carbocycles. The summed E-state index contributed by atoms with van der Waals surface area (Å²) in [6.07, 6.45) is 3.20. The quantitative estimate of drug-likeness (QED) is 0.884. The summed E-state index contributed by atoms with van der Waals surface area (Å²) in [5, 5.41) is 9.02. The van der Waals surface area contributed by atoms with Crippen molar-refractivity contribution in [1.82, 2.24) is 9.55 Å². The zero-order valence-corrected chi connectivity index (χ0v) is 11.6. The normalized spacial score (nSPS) is 21.4. The van der Waals surface area contributed by atoms with Crippen molar-refractivity contribution in [3.63, 3.8) is 0 Å². The van der Waals surface area contributed by atoms with E-state index in [9.17, 15) is 9.59 Å². The Balaban J connectivity index is 2.19. The lowest BCUT2D eigenvalue weighted by Gasteiger charge is -2.28. The minimum atomic E-state index is -0.985. The largest absolute Gasteiger partial charge is 0.478 e. The van der Waals surface area contributed by atoms with Gasteiger partial charge in [-0.2, -0.15) is 0 Å². The van der Waals surface area contributed by atoms with E-state index < -0.39 is 5.97 Å². The highest BCUT2D eigenvalue weighted by Crippen LogP contribution is 2.46. The number of aromatic nitrogens is 2. The van der Waals surface area contributed by atoms with Crippen LogP contribution in [0.1, 0.15) is 49.5 Å². The Kier molecular flexibility index (Phi) is 2.74. The van der Waals surface area contributed by atoms with Gasteiger partial charge in [-0.1, -0.05) is 20.3 Å². The minimum absolute atomic E-state index is 0.0877. The molecular formula is C15H18N2O3. The third-order valence-electron chi connectivity index (χ3n) is 4.48. The average molecular weight is 274 g/mol. The minimum Gasteiger partial charge on any atom is -0.478 e. The maximum absolute atomic E-state index is 12.3. The van der Waals surface area contributed by atoms with Gasteiger partial charge in [0.1, 0.15) is 0 Å². The monoisotopic (exact) mass is 274 g/mol. The third-order valence-corrected chi connectivity index (χ3v) is 4.48. The molecule has 5 heteroatoms. The molecule has 106 valence electrons. The number of aromatic amines is 1. The van der Waals surface area contributed by atoms with E-state index in [4.69, 9.17) is 5.11 Å². The van der Waals surface area contributed by atoms with E-state index in [1.807, 2.05) is 0 Å². The zero-order chi connectivity index (χ0) is 14.5. The number of aromatic carboxylic acids is 1. The molecule has 1 atom stereocenters. The summed E-state index contributed by atoms with van der Waals surface area (Å²) in [7, 11) is 0. The molecule has 0 bridgehead atoms. The Morgan fingerprint density at radius 2 is 2.20 bits per heavy atom.